The number of halogens is 4. The second-order valence-electron chi connectivity index (χ2n) is 5.01. The van der Waals surface area contributed by atoms with Gasteiger partial charge in [0.25, 0.3) is 5.91 Å². The van der Waals surface area contributed by atoms with E-state index in [1.54, 1.807) is 0 Å². The molecule has 0 radical (unpaired) electrons. The van der Waals surface area contributed by atoms with Crippen LogP contribution >= 0.6 is 0 Å². The number of nitrogens with zero attached hydrogens (tertiary/aromatic N) is 3. The van der Waals surface area contributed by atoms with Crippen LogP contribution in [0, 0.1) is 12.7 Å². The van der Waals surface area contributed by atoms with E-state index in [0.717, 1.165) is 28.9 Å². The number of amides is 1. The number of hydrogen-bond donors (Lipinski definition) is 1. The minimum atomic E-state index is -4.54. The number of rotatable bonds is 2. The summed E-state index contributed by atoms with van der Waals surface area (Å²) in [7, 11) is 0. The molecule has 5 nitrogen and oxygen atoms in total. The lowest BCUT2D eigenvalue weighted by atomic mass is 10.2. The third-order valence-electron chi connectivity index (χ3n) is 3.30. The molecule has 0 spiro atoms. The zero-order chi connectivity index (χ0) is 17.5. The molecule has 3 rings (SSSR count). The predicted octanol–water partition coefficient (Wildman–Crippen LogP) is 3.45. The van der Waals surface area contributed by atoms with Gasteiger partial charge in [-0.15, -0.1) is 0 Å². The number of pyridine rings is 2. The van der Waals surface area contributed by atoms with E-state index in [1.807, 2.05) is 0 Å². The Morgan fingerprint density at radius 1 is 1.21 bits per heavy atom. The van der Waals surface area contributed by atoms with Crippen LogP contribution in [0.2, 0.25) is 0 Å². The van der Waals surface area contributed by atoms with E-state index in [1.165, 1.54) is 19.1 Å². The van der Waals surface area contributed by atoms with E-state index < -0.39 is 23.5 Å². The summed E-state index contributed by atoms with van der Waals surface area (Å²) in [5.41, 5.74) is -0.491. The van der Waals surface area contributed by atoms with Gasteiger partial charge in [0.05, 0.1) is 17.5 Å². The van der Waals surface area contributed by atoms with Crippen molar-refractivity contribution in [1.29, 1.82) is 0 Å². The van der Waals surface area contributed by atoms with Crippen LogP contribution in [-0.2, 0) is 6.18 Å². The fourth-order valence-corrected chi connectivity index (χ4v) is 2.23. The molecule has 0 fully saturated rings. The highest BCUT2D eigenvalue weighted by Gasteiger charge is 2.31. The Hall–Kier alpha value is -2.97. The number of imidazole rings is 1. The highest BCUT2D eigenvalue weighted by atomic mass is 19.4. The Morgan fingerprint density at radius 3 is 2.58 bits per heavy atom. The van der Waals surface area contributed by atoms with Gasteiger partial charge < -0.3 is 5.32 Å². The van der Waals surface area contributed by atoms with Crippen LogP contribution in [0.25, 0.3) is 5.65 Å². The third kappa shape index (κ3) is 2.92. The molecule has 3 aromatic heterocycles. The molecule has 1 N–H and O–H groups in total. The predicted molar refractivity (Wildman–Crippen MR) is 77.1 cm³/mol. The maximum atomic E-state index is 12.9. The van der Waals surface area contributed by atoms with Gasteiger partial charge >= 0.3 is 6.18 Å². The summed E-state index contributed by atoms with van der Waals surface area (Å²) in [6.07, 6.45) is -2.82. The number of aryl methyl sites for hydroxylation is 1. The summed E-state index contributed by atoms with van der Waals surface area (Å²) in [6, 6.07) is 4.42. The van der Waals surface area contributed by atoms with Crippen molar-refractivity contribution < 1.29 is 22.4 Å². The van der Waals surface area contributed by atoms with Crippen LogP contribution in [0.1, 0.15) is 21.7 Å². The Morgan fingerprint density at radius 2 is 1.96 bits per heavy atom. The lowest BCUT2D eigenvalue weighted by Gasteiger charge is -2.09. The van der Waals surface area contributed by atoms with E-state index >= 15 is 0 Å². The first-order valence-electron chi connectivity index (χ1n) is 6.74. The van der Waals surface area contributed by atoms with Gasteiger partial charge in [0.2, 0.25) is 0 Å². The smallest absolute Gasteiger partial charge is 0.305 e. The minimum absolute atomic E-state index is 0.0535. The van der Waals surface area contributed by atoms with E-state index in [4.69, 9.17) is 0 Å². The number of carbonyl (C=O) groups is 1. The molecular weight excluding hydrogens is 328 g/mol. The molecule has 0 saturated heterocycles. The molecule has 0 aliphatic carbocycles. The standard InChI is InChI=1S/C15H10F4N4O/c1-8-13(14(24)22-11-4-3-10(16)6-20-11)23-7-9(15(17,18)19)2-5-12(23)21-8/h2-7H,1H3,(H,20,22,24). The van der Waals surface area contributed by atoms with E-state index in [2.05, 4.69) is 15.3 Å². The maximum absolute atomic E-state index is 12.9. The normalized spacial score (nSPS) is 11.7. The van der Waals surface area contributed by atoms with Crippen LogP contribution in [-0.4, -0.2) is 20.3 Å². The van der Waals surface area contributed by atoms with E-state index in [9.17, 15) is 22.4 Å². The molecule has 3 heterocycles. The molecule has 0 bridgehead atoms. The molecule has 124 valence electrons. The molecule has 0 saturated carbocycles. The first kappa shape index (κ1) is 15.9. The molecule has 0 aliphatic heterocycles. The molecular formula is C15H10F4N4O. The first-order chi connectivity index (χ1) is 11.3. The number of alkyl halides is 3. The van der Waals surface area contributed by atoms with Crippen LogP contribution in [0.15, 0.2) is 36.7 Å². The Labute approximate surface area is 133 Å². The molecule has 0 aliphatic rings. The molecule has 24 heavy (non-hydrogen) atoms. The monoisotopic (exact) mass is 338 g/mol. The van der Waals surface area contributed by atoms with Crippen molar-refractivity contribution in [3.63, 3.8) is 0 Å². The quantitative estimate of drug-likeness (QED) is 0.728. The average molecular weight is 338 g/mol. The zero-order valence-corrected chi connectivity index (χ0v) is 12.2. The van der Waals surface area contributed by atoms with Crippen molar-refractivity contribution in [2.45, 2.75) is 13.1 Å². The van der Waals surface area contributed by atoms with Gasteiger partial charge in [0.1, 0.15) is 23.0 Å². The highest BCUT2D eigenvalue weighted by molar-refractivity contribution is 6.03. The summed E-state index contributed by atoms with van der Waals surface area (Å²) in [5.74, 6) is -1.20. The number of anilines is 1. The molecule has 0 unspecified atom stereocenters. The number of carbonyl (C=O) groups excluding carboxylic acids is 1. The maximum Gasteiger partial charge on any atom is 0.417 e. The second-order valence-corrected chi connectivity index (χ2v) is 5.01. The van der Waals surface area contributed by atoms with Crippen LogP contribution in [0.3, 0.4) is 0 Å². The number of fused-ring (bicyclic) bond motifs is 1. The fraction of sp³-hybridized carbons (Fsp3) is 0.133. The molecule has 1 amide bonds. The summed E-state index contributed by atoms with van der Waals surface area (Å²) < 4.78 is 52.5. The highest BCUT2D eigenvalue weighted by Crippen LogP contribution is 2.29. The van der Waals surface area contributed by atoms with Gasteiger partial charge in [-0.1, -0.05) is 0 Å². The summed E-state index contributed by atoms with van der Waals surface area (Å²) in [5, 5.41) is 2.40. The summed E-state index contributed by atoms with van der Waals surface area (Å²) >= 11 is 0. The van der Waals surface area contributed by atoms with Crippen LogP contribution in [0.5, 0.6) is 0 Å². The van der Waals surface area contributed by atoms with Crippen LogP contribution < -0.4 is 5.32 Å². The van der Waals surface area contributed by atoms with E-state index in [0.29, 0.717) is 0 Å². The largest absolute Gasteiger partial charge is 0.417 e. The molecule has 0 aromatic carbocycles. The van der Waals surface area contributed by atoms with Gasteiger partial charge in [-0.25, -0.2) is 14.4 Å². The van der Waals surface area contributed by atoms with Gasteiger partial charge in [0.15, 0.2) is 0 Å². The molecule has 3 aromatic rings. The number of hydrogen-bond acceptors (Lipinski definition) is 3. The third-order valence-corrected chi connectivity index (χ3v) is 3.30. The average Bonchev–Trinajstić information content (AvgIpc) is 2.83. The van der Waals surface area contributed by atoms with Gasteiger partial charge in [0, 0.05) is 6.20 Å². The number of nitrogens with one attached hydrogen (secondary N) is 1. The lowest BCUT2D eigenvalue weighted by molar-refractivity contribution is -0.137. The minimum Gasteiger partial charge on any atom is -0.305 e. The summed E-state index contributed by atoms with van der Waals surface area (Å²) in [6.45, 7) is 1.51. The number of aromatic nitrogens is 3. The van der Waals surface area contributed by atoms with Crippen molar-refractivity contribution in [3.05, 3.63) is 59.4 Å². The van der Waals surface area contributed by atoms with Gasteiger partial charge in [-0.3, -0.25) is 9.20 Å². The Balaban J connectivity index is 2.02. The van der Waals surface area contributed by atoms with Crippen molar-refractivity contribution in [1.82, 2.24) is 14.4 Å². The lowest BCUT2D eigenvalue weighted by Crippen LogP contribution is -2.17. The topological polar surface area (TPSA) is 59.3 Å². The van der Waals surface area contributed by atoms with Gasteiger partial charge in [-0.05, 0) is 31.2 Å². The van der Waals surface area contributed by atoms with Crippen molar-refractivity contribution in [2.24, 2.45) is 0 Å². The Bertz CT molecular complexity index is 916. The van der Waals surface area contributed by atoms with E-state index in [-0.39, 0.29) is 22.9 Å². The van der Waals surface area contributed by atoms with Crippen molar-refractivity contribution in [2.75, 3.05) is 5.32 Å². The molecule has 9 heteroatoms. The summed E-state index contributed by atoms with van der Waals surface area (Å²) in [4.78, 5) is 20.1. The van der Waals surface area contributed by atoms with Crippen molar-refractivity contribution >= 4 is 17.4 Å². The first-order valence-corrected chi connectivity index (χ1v) is 6.74. The van der Waals surface area contributed by atoms with Crippen molar-refractivity contribution in [3.8, 4) is 0 Å². The SMILES string of the molecule is Cc1nc2ccc(C(F)(F)F)cn2c1C(=O)Nc1ccc(F)cn1. The van der Waals surface area contributed by atoms with Gasteiger partial charge in [-0.2, -0.15) is 13.2 Å². The molecule has 0 atom stereocenters. The fourth-order valence-electron chi connectivity index (χ4n) is 2.23. The second kappa shape index (κ2) is 5.59. The zero-order valence-electron chi connectivity index (χ0n) is 12.2. The Kier molecular flexibility index (Phi) is 3.70. The van der Waals surface area contributed by atoms with Crippen LogP contribution in [0.4, 0.5) is 23.4 Å².